The average molecular weight is 412 g/mol. The van der Waals surface area contributed by atoms with Gasteiger partial charge in [-0.05, 0) is 55.8 Å². The van der Waals surface area contributed by atoms with Crippen molar-refractivity contribution in [3.05, 3.63) is 75.3 Å². The van der Waals surface area contributed by atoms with Gasteiger partial charge in [-0.3, -0.25) is 10.1 Å². The molecule has 0 amide bonds. The van der Waals surface area contributed by atoms with Gasteiger partial charge in [0.25, 0.3) is 5.69 Å². The molecule has 1 aliphatic rings. The lowest BCUT2D eigenvalue weighted by molar-refractivity contribution is -0.384. The van der Waals surface area contributed by atoms with Crippen LogP contribution in [-0.4, -0.2) is 46.6 Å². The number of piperidine rings is 1. The van der Waals surface area contributed by atoms with Crippen molar-refractivity contribution in [1.29, 1.82) is 0 Å². The van der Waals surface area contributed by atoms with Gasteiger partial charge in [-0.25, -0.2) is 4.79 Å². The number of carbonyl (C=O) groups is 1. The third-order valence-electron chi connectivity index (χ3n) is 5.56. The fourth-order valence-corrected chi connectivity index (χ4v) is 3.85. The molecule has 0 unspecified atom stereocenters. The fraction of sp³-hybridized carbons (Fsp3) is 0.435. The molecule has 3 rings (SSSR count). The zero-order valence-corrected chi connectivity index (χ0v) is 17.0. The third kappa shape index (κ3) is 6.37. The van der Waals surface area contributed by atoms with Crippen molar-refractivity contribution in [2.45, 2.75) is 44.8 Å². The van der Waals surface area contributed by atoms with Crippen LogP contribution in [0.2, 0.25) is 0 Å². The summed E-state index contributed by atoms with van der Waals surface area (Å²) < 4.78 is 6.03. The number of benzene rings is 2. The Labute approximate surface area is 176 Å². The Morgan fingerprint density at radius 3 is 2.53 bits per heavy atom. The Hall–Kier alpha value is -2.77. The molecule has 0 bridgehead atoms. The zero-order valence-electron chi connectivity index (χ0n) is 17.0. The number of nitro groups is 1. The number of ether oxygens (including phenoxy) is 1. The molecule has 1 N–H and O–H groups in total. The number of nitro benzene ring substituents is 1. The maximum absolute atomic E-state index is 11.4. The van der Waals surface area contributed by atoms with Crippen LogP contribution in [0.1, 0.15) is 47.2 Å². The van der Waals surface area contributed by atoms with Gasteiger partial charge >= 0.3 is 5.97 Å². The molecule has 1 saturated heterocycles. The lowest BCUT2D eigenvalue weighted by atomic mass is 10.0. The molecule has 0 aromatic heterocycles. The van der Waals surface area contributed by atoms with Gasteiger partial charge in [0.1, 0.15) is 0 Å². The maximum Gasteiger partial charge on any atom is 0.335 e. The number of unbranched alkanes of at least 4 members (excludes halogenated alkanes) is 1. The van der Waals surface area contributed by atoms with E-state index in [2.05, 4.69) is 17.0 Å². The topological polar surface area (TPSA) is 92.9 Å². The van der Waals surface area contributed by atoms with E-state index in [0.717, 1.165) is 45.3 Å². The number of aryl methyl sites for hydroxylation is 1. The molecule has 2 aromatic rings. The minimum Gasteiger partial charge on any atom is -0.478 e. The first-order chi connectivity index (χ1) is 14.5. The van der Waals surface area contributed by atoms with Crippen molar-refractivity contribution < 1.29 is 19.6 Å². The van der Waals surface area contributed by atoms with Crippen LogP contribution in [0.15, 0.2) is 48.5 Å². The van der Waals surface area contributed by atoms with Crippen LogP contribution in [-0.2, 0) is 17.8 Å². The molecular weight excluding hydrogens is 384 g/mol. The standard InChI is InChI=1S/C23H28N2O5/c26-23(27)22-10-9-20(25(28)29)16-19(22)8-4-5-13-24-14-11-21(12-15-24)30-17-18-6-2-1-3-7-18/h1-3,6-7,9-10,16,21H,4-5,8,11-15,17H2,(H,26,27). The van der Waals surface area contributed by atoms with Gasteiger partial charge in [0.15, 0.2) is 0 Å². The Bertz CT molecular complexity index is 848. The highest BCUT2D eigenvalue weighted by Crippen LogP contribution is 2.21. The Morgan fingerprint density at radius 2 is 1.87 bits per heavy atom. The zero-order chi connectivity index (χ0) is 21.3. The maximum atomic E-state index is 11.4. The first-order valence-corrected chi connectivity index (χ1v) is 10.4. The molecule has 1 aliphatic heterocycles. The number of carboxylic acids is 1. The van der Waals surface area contributed by atoms with Gasteiger partial charge < -0.3 is 14.7 Å². The molecule has 0 spiro atoms. The highest BCUT2D eigenvalue weighted by Gasteiger charge is 2.20. The van der Waals surface area contributed by atoms with Gasteiger partial charge in [0.2, 0.25) is 0 Å². The predicted molar refractivity (Wildman–Crippen MR) is 114 cm³/mol. The van der Waals surface area contributed by atoms with E-state index in [9.17, 15) is 20.0 Å². The third-order valence-corrected chi connectivity index (χ3v) is 5.56. The number of non-ortho nitro benzene ring substituents is 1. The highest BCUT2D eigenvalue weighted by molar-refractivity contribution is 5.89. The van der Waals surface area contributed by atoms with Crippen molar-refractivity contribution in [3.63, 3.8) is 0 Å². The normalized spacial score (nSPS) is 15.2. The summed E-state index contributed by atoms with van der Waals surface area (Å²) in [5, 5.41) is 20.3. The summed E-state index contributed by atoms with van der Waals surface area (Å²) in [5.74, 6) is -1.04. The highest BCUT2D eigenvalue weighted by atomic mass is 16.6. The van der Waals surface area contributed by atoms with Crippen molar-refractivity contribution in [1.82, 2.24) is 4.90 Å². The Balaban J connectivity index is 1.38. The Morgan fingerprint density at radius 1 is 1.13 bits per heavy atom. The summed E-state index contributed by atoms with van der Waals surface area (Å²) in [7, 11) is 0. The van der Waals surface area contributed by atoms with Crippen LogP contribution in [0.3, 0.4) is 0 Å². The van der Waals surface area contributed by atoms with Crippen LogP contribution in [0.25, 0.3) is 0 Å². The van der Waals surface area contributed by atoms with E-state index in [0.29, 0.717) is 24.7 Å². The molecule has 0 saturated carbocycles. The van der Waals surface area contributed by atoms with Crippen molar-refractivity contribution in [2.75, 3.05) is 19.6 Å². The van der Waals surface area contributed by atoms with Crippen LogP contribution in [0.4, 0.5) is 5.69 Å². The van der Waals surface area contributed by atoms with Crippen molar-refractivity contribution in [3.8, 4) is 0 Å². The molecule has 7 heteroatoms. The van der Waals surface area contributed by atoms with Gasteiger partial charge in [-0.2, -0.15) is 0 Å². The van der Waals surface area contributed by atoms with Crippen LogP contribution >= 0.6 is 0 Å². The number of likely N-dealkylation sites (tertiary alicyclic amines) is 1. The van der Waals surface area contributed by atoms with E-state index in [1.807, 2.05) is 18.2 Å². The molecule has 2 aromatic carbocycles. The van der Waals surface area contributed by atoms with Gasteiger partial charge in [-0.15, -0.1) is 0 Å². The number of hydrogen-bond acceptors (Lipinski definition) is 5. The lowest BCUT2D eigenvalue weighted by Gasteiger charge is -2.32. The quantitative estimate of drug-likeness (QED) is 0.355. The Kier molecular flexibility index (Phi) is 7.93. The first kappa shape index (κ1) is 21.9. The monoisotopic (exact) mass is 412 g/mol. The average Bonchev–Trinajstić information content (AvgIpc) is 2.76. The number of aromatic carboxylic acids is 1. The fourth-order valence-electron chi connectivity index (χ4n) is 3.85. The van der Waals surface area contributed by atoms with Gasteiger partial charge in [0, 0.05) is 25.2 Å². The summed E-state index contributed by atoms with van der Waals surface area (Å²) in [5.41, 5.74) is 1.82. The van der Waals surface area contributed by atoms with E-state index in [4.69, 9.17) is 4.74 Å². The predicted octanol–water partition coefficient (Wildman–Crippen LogP) is 4.30. The number of nitrogens with zero attached hydrogens (tertiary/aromatic N) is 2. The second kappa shape index (κ2) is 10.8. The molecule has 0 atom stereocenters. The van der Waals surface area contributed by atoms with Gasteiger partial charge in [-0.1, -0.05) is 30.3 Å². The second-order valence-corrected chi connectivity index (χ2v) is 7.70. The summed E-state index contributed by atoms with van der Waals surface area (Å²) in [4.78, 5) is 24.3. The molecule has 7 nitrogen and oxygen atoms in total. The summed E-state index contributed by atoms with van der Waals surface area (Å²) in [6.45, 7) is 3.59. The van der Waals surface area contributed by atoms with Crippen LogP contribution in [0, 0.1) is 10.1 Å². The number of carboxylic acid groups (broad SMARTS) is 1. The molecule has 160 valence electrons. The van der Waals surface area contributed by atoms with E-state index < -0.39 is 10.9 Å². The molecule has 1 fully saturated rings. The SMILES string of the molecule is O=C(O)c1ccc([N+](=O)[O-])cc1CCCCN1CCC(OCc2ccccc2)CC1. The van der Waals surface area contributed by atoms with Crippen LogP contribution < -0.4 is 0 Å². The molecule has 1 heterocycles. The van der Waals surface area contributed by atoms with E-state index in [-0.39, 0.29) is 11.3 Å². The van der Waals surface area contributed by atoms with E-state index in [1.54, 1.807) is 0 Å². The molecule has 0 aliphatic carbocycles. The van der Waals surface area contributed by atoms with Crippen LogP contribution in [0.5, 0.6) is 0 Å². The van der Waals surface area contributed by atoms with Crippen molar-refractivity contribution in [2.24, 2.45) is 0 Å². The minimum atomic E-state index is -1.04. The smallest absolute Gasteiger partial charge is 0.335 e. The molecule has 0 radical (unpaired) electrons. The first-order valence-electron chi connectivity index (χ1n) is 10.4. The summed E-state index contributed by atoms with van der Waals surface area (Å²) >= 11 is 0. The summed E-state index contributed by atoms with van der Waals surface area (Å²) in [6, 6.07) is 14.2. The largest absolute Gasteiger partial charge is 0.478 e. The second-order valence-electron chi connectivity index (χ2n) is 7.70. The van der Waals surface area contributed by atoms with E-state index in [1.165, 1.54) is 23.8 Å². The molecular formula is C23H28N2O5. The van der Waals surface area contributed by atoms with E-state index >= 15 is 0 Å². The number of rotatable bonds is 10. The van der Waals surface area contributed by atoms with Gasteiger partial charge in [0.05, 0.1) is 23.2 Å². The van der Waals surface area contributed by atoms with Crippen molar-refractivity contribution >= 4 is 11.7 Å². The lowest BCUT2D eigenvalue weighted by Crippen LogP contribution is -2.37. The minimum absolute atomic E-state index is 0.0624. The summed E-state index contributed by atoms with van der Waals surface area (Å²) in [6.07, 6.45) is 4.58. The number of hydrogen-bond donors (Lipinski definition) is 1. The molecule has 30 heavy (non-hydrogen) atoms.